The van der Waals surface area contributed by atoms with Crippen LogP contribution in [0.3, 0.4) is 0 Å². The van der Waals surface area contributed by atoms with Crippen LogP contribution in [0.5, 0.6) is 0 Å². The predicted molar refractivity (Wildman–Crippen MR) is 252 cm³/mol. The fraction of sp³-hybridized carbons (Fsp3) is 0. The van der Waals surface area contributed by atoms with Crippen molar-refractivity contribution in [3.8, 4) is 89.8 Å². The van der Waals surface area contributed by atoms with Crippen LogP contribution in [0.2, 0.25) is 0 Å². The van der Waals surface area contributed by atoms with Gasteiger partial charge in [0.1, 0.15) is 5.69 Å². The van der Waals surface area contributed by atoms with Gasteiger partial charge < -0.3 is 0 Å². The molecule has 0 aliphatic heterocycles. The van der Waals surface area contributed by atoms with E-state index in [2.05, 4.69) is 229 Å². The first-order valence-corrected chi connectivity index (χ1v) is 20.6. The molecule has 0 aliphatic rings. The van der Waals surface area contributed by atoms with Crippen molar-refractivity contribution in [2.24, 2.45) is 0 Å². The van der Waals surface area contributed by atoms with Crippen molar-refractivity contribution in [1.29, 1.82) is 0 Å². The molecule has 0 saturated heterocycles. The molecule has 0 radical (unpaired) electrons. The third kappa shape index (κ3) is 6.86. The normalized spacial score (nSPS) is 11.3. The smallest absolute Gasteiger partial charge is 0.160 e. The van der Waals surface area contributed by atoms with Gasteiger partial charge in [0.15, 0.2) is 5.82 Å². The summed E-state index contributed by atoms with van der Waals surface area (Å²) in [7, 11) is 0. The zero-order valence-corrected chi connectivity index (χ0v) is 33.2. The molecule has 3 heterocycles. The van der Waals surface area contributed by atoms with Crippen LogP contribution in [-0.2, 0) is 0 Å². The van der Waals surface area contributed by atoms with Gasteiger partial charge >= 0.3 is 0 Å². The number of hydrogen-bond acceptors (Lipinski definition) is 3. The first-order chi connectivity index (χ1) is 30.2. The van der Waals surface area contributed by atoms with Crippen molar-refractivity contribution in [2.75, 3.05) is 0 Å². The summed E-state index contributed by atoms with van der Waals surface area (Å²) in [6.45, 7) is 0. The summed E-state index contributed by atoms with van der Waals surface area (Å²) in [6.07, 6.45) is 0. The zero-order valence-electron chi connectivity index (χ0n) is 33.2. The van der Waals surface area contributed by atoms with Crippen molar-refractivity contribution in [3.05, 3.63) is 231 Å². The maximum Gasteiger partial charge on any atom is 0.160 e. The molecule has 3 aromatic heterocycles. The summed E-state index contributed by atoms with van der Waals surface area (Å²) >= 11 is 0. The first kappa shape index (κ1) is 35.9. The third-order valence-corrected chi connectivity index (χ3v) is 11.4. The molecule has 0 unspecified atom stereocenters. The summed E-state index contributed by atoms with van der Waals surface area (Å²) < 4.78 is 2.14. The molecule has 0 aliphatic carbocycles. The van der Waals surface area contributed by atoms with E-state index in [4.69, 9.17) is 15.1 Å². The van der Waals surface area contributed by atoms with Gasteiger partial charge in [0, 0.05) is 38.8 Å². The number of benzene rings is 8. The predicted octanol–water partition coefficient (Wildman–Crippen LogP) is 14.6. The van der Waals surface area contributed by atoms with E-state index in [1.807, 2.05) is 6.07 Å². The lowest BCUT2D eigenvalue weighted by atomic mass is 9.95. The Hall–Kier alpha value is -8.21. The Morgan fingerprint density at radius 3 is 1.36 bits per heavy atom. The monoisotopic (exact) mass is 778 g/mol. The van der Waals surface area contributed by atoms with Gasteiger partial charge in [-0.3, -0.25) is 0 Å². The van der Waals surface area contributed by atoms with Crippen molar-refractivity contribution in [1.82, 2.24) is 19.6 Å². The highest BCUT2D eigenvalue weighted by molar-refractivity contribution is 6.09. The number of rotatable bonds is 8. The molecule has 0 bridgehead atoms. The fourth-order valence-corrected chi connectivity index (χ4v) is 8.43. The van der Waals surface area contributed by atoms with Gasteiger partial charge in [-0.05, 0) is 63.5 Å². The highest BCUT2D eigenvalue weighted by Gasteiger charge is 2.22. The second kappa shape index (κ2) is 15.5. The molecule has 4 nitrogen and oxygen atoms in total. The molecule has 61 heavy (non-hydrogen) atoms. The Labute approximate surface area is 354 Å². The lowest BCUT2D eigenvalue weighted by Crippen LogP contribution is -1.98. The lowest BCUT2D eigenvalue weighted by molar-refractivity contribution is 0.979. The molecule has 286 valence electrons. The molecule has 0 spiro atoms. The highest BCUT2D eigenvalue weighted by atomic mass is 15.2. The van der Waals surface area contributed by atoms with E-state index in [1.54, 1.807) is 0 Å². The Kier molecular flexibility index (Phi) is 9.14. The number of fused-ring (bicyclic) bond motifs is 3. The topological polar surface area (TPSA) is 43.1 Å². The lowest BCUT2D eigenvalue weighted by Gasteiger charge is -2.14. The molecule has 4 heteroatoms. The standard InChI is InChI=1S/C57H38N4/c1-6-18-39(19-7-1)44-28-16-30-46(34-44)51-38-52(59-57(58-51)48-31-17-29-45(35-48)40-20-8-2-9-21-40)47-32-33-50-49(36-47)37-53(41-22-10-3-11-23-41)61-56(50)54(42-24-12-4-13-25-42)55(60-61)43-26-14-5-15-27-43/h1-38H. The average Bonchev–Trinajstić information content (AvgIpc) is 3.76. The van der Waals surface area contributed by atoms with E-state index in [1.165, 1.54) is 0 Å². The van der Waals surface area contributed by atoms with Crippen molar-refractivity contribution in [2.45, 2.75) is 0 Å². The average molecular weight is 779 g/mol. The number of nitrogens with zero attached hydrogens (tertiary/aromatic N) is 4. The van der Waals surface area contributed by atoms with Crippen LogP contribution in [0.15, 0.2) is 231 Å². The van der Waals surface area contributed by atoms with Gasteiger partial charge in [-0.25, -0.2) is 14.5 Å². The Morgan fingerprint density at radius 2 is 0.770 bits per heavy atom. The van der Waals surface area contributed by atoms with Crippen molar-refractivity contribution >= 4 is 16.3 Å². The van der Waals surface area contributed by atoms with E-state index >= 15 is 0 Å². The minimum Gasteiger partial charge on any atom is -0.231 e. The molecule has 0 saturated carbocycles. The zero-order chi connectivity index (χ0) is 40.5. The van der Waals surface area contributed by atoms with Crippen LogP contribution in [0.1, 0.15) is 0 Å². The molecule has 11 aromatic rings. The third-order valence-electron chi connectivity index (χ3n) is 11.4. The summed E-state index contributed by atoms with van der Waals surface area (Å²) in [6, 6.07) is 81.0. The van der Waals surface area contributed by atoms with E-state index in [-0.39, 0.29) is 0 Å². The fourth-order valence-electron chi connectivity index (χ4n) is 8.43. The molecule has 0 fully saturated rings. The second-order valence-electron chi connectivity index (χ2n) is 15.3. The minimum absolute atomic E-state index is 0.672. The van der Waals surface area contributed by atoms with Crippen molar-refractivity contribution in [3.63, 3.8) is 0 Å². The summed E-state index contributed by atoms with van der Waals surface area (Å²) in [4.78, 5) is 10.6. The molecule has 0 N–H and O–H groups in total. The Morgan fingerprint density at radius 1 is 0.311 bits per heavy atom. The number of aromatic nitrogens is 4. The summed E-state index contributed by atoms with van der Waals surface area (Å²) in [5, 5.41) is 7.62. The molecular weight excluding hydrogens is 741 g/mol. The van der Waals surface area contributed by atoms with Crippen LogP contribution < -0.4 is 0 Å². The van der Waals surface area contributed by atoms with Crippen LogP contribution in [-0.4, -0.2) is 19.6 Å². The Bertz CT molecular complexity index is 3220. The van der Waals surface area contributed by atoms with E-state index < -0.39 is 0 Å². The van der Waals surface area contributed by atoms with Crippen LogP contribution in [0.25, 0.3) is 106 Å². The maximum atomic E-state index is 5.41. The molecular formula is C57H38N4. The molecule has 0 amide bonds. The molecule has 8 aromatic carbocycles. The summed E-state index contributed by atoms with van der Waals surface area (Å²) in [5.74, 6) is 0.672. The molecule has 11 rings (SSSR count). The van der Waals surface area contributed by atoms with Crippen LogP contribution in [0, 0.1) is 0 Å². The molecule has 0 atom stereocenters. The van der Waals surface area contributed by atoms with Gasteiger partial charge in [-0.1, -0.05) is 200 Å². The second-order valence-corrected chi connectivity index (χ2v) is 15.3. The Balaban J connectivity index is 1.15. The van der Waals surface area contributed by atoms with E-state index in [9.17, 15) is 0 Å². The maximum absolute atomic E-state index is 5.41. The van der Waals surface area contributed by atoms with E-state index in [0.29, 0.717) is 5.82 Å². The summed E-state index contributed by atoms with van der Waals surface area (Å²) in [5.41, 5.74) is 16.7. The van der Waals surface area contributed by atoms with Crippen molar-refractivity contribution < 1.29 is 0 Å². The first-order valence-electron chi connectivity index (χ1n) is 20.6. The van der Waals surface area contributed by atoms with Crippen LogP contribution in [0.4, 0.5) is 0 Å². The van der Waals surface area contributed by atoms with Gasteiger partial charge in [0.2, 0.25) is 0 Å². The van der Waals surface area contributed by atoms with Gasteiger partial charge in [0.05, 0.1) is 22.6 Å². The quantitative estimate of drug-likeness (QED) is 0.154. The largest absolute Gasteiger partial charge is 0.231 e. The van der Waals surface area contributed by atoms with Gasteiger partial charge in [0.25, 0.3) is 0 Å². The number of hydrogen-bond donors (Lipinski definition) is 0. The SMILES string of the molecule is c1ccc(-c2cccc(-c3cc(-c4ccc5c(c4)cc(-c4ccccc4)n4nc(-c6ccccc6)c(-c6ccccc6)c54)nc(-c4cccc(-c5ccccc5)c4)n3)c2)cc1. The van der Waals surface area contributed by atoms with Gasteiger partial charge in [-0.2, -0.15) is 5.10 Å². The van der Waals surface area contributed by atoms with E-state index in [0.717, 1.165) is 100 Å². The highest BCUT2D eigenvalue weighted by Crippen LogP contribution is 2.42. The number of pyridine rings is 1. The minimum atomic E-state index is 0.672. The van der Waals surface area contributed by atoms with Crippen LogP contribution >= 0.6 is 0 Å². The van der Waals surface area contributed by atoms with Gasteiger partial charge in [-0.15, -0.1) is 0 Å².